The van der Waals surface area contributed by atoms with E-state index < -0.39 is 11.5 Å². The van der Waals surface area contributed by atoms with Crippen LogP contribution in [0.15, 0.2) is 42.7 Å². The number of hydrogen-bond donors (Lipinski definition) is 2. The van der Waals surface area contributed by atoms with E-state index in [-0.39, 0.29) is 29.7 Å². The van der Waals surface area contributed by atoms with Crippen molar-refractivity contribution in [1.29, 1.82) is 0 Å². The Kier molecular flexibility index (Phi) is 6.47. The largest absolute Gasteiger partial charge is 0.619 e. The predicted octanol–water partition coefficient (Wildman–Crippen LogP) is 1.87. The number of Topliss-reactive ketones (excluding diaryl/α,β-unsaturated/α-hetero) is 1. The van der Waals surface area contributed by atoms with Gasteiger partial charge in [0.25, 0.3) is 11.8 Å². The van der Waals surface area contributed by atoms with Crippen LogP contribution in [0.1, 0.15) is 69.2 Å². The maximum atomic E-state index is 13.2. The van der Waals surface area contributed by atoms with Gasteiger partial charge < -0.3 is 20.5 Å². The molecule has 1 aromatic heterocycles. The number of amides is 2. The first-order valence-electron chi connectivity index (χ1n) is 11.4. The predicted molar refractivity (Wildman–Crippen MR) is 121 cm³/mol. The molecular formula is C25H29N3O5. The number of likely N-dealkylation sites (tertiary alicyclic amines) is 1. The van der Waals surface area contributed by atoms with Crippen LogP contribution < -0.4 is 10.0 Å². The van der Waals surface area contributed by atoms with Crippen molar-refractivity contribution in [2.45, 2.75) is 44.6 Å². The van der Waals surface area contributed by atoms with Gasteiger partial charge in [-0.15, -0.1) is 0 Å². The van der Waals surface area contributed by atoms with Crippen LogP contribution in [-0.2, 0) is 6.42 Å². The number of aromatic nitrogens is 1. The zero-order valence-electron chi connectivity index (χ0n) is 18.8. The molecule has 1 aliphatic carbocycles. The molecule has 174 valence electrons. The Balaban J connectivity index is 1.40. The van der Waals surface area contributed by atoms with Gasteiger partial charge in [0.1, 0.15) is 5.56 Å². The summed E-state index contributed by atoms with van der Waals surface area (Å²) in [6.07, 6.45) is 6.11. The highest BCUT2D eigenvalue weighted by Crippen LogP contribution is 2.29. The van der Waals surface area contributed by atoms with Gasteiger partial charge in [-0.05, 0) is 56.4 Å². The van der Waals surface area contributed by atoms with Crippen LogP contribution in [0.5, 0.6) is 0 Å². The number of carbonyl (C=O) groups is 3. The van der Waals surface area contributed by atoms with Crippen molar-refractivity contribution in [2.75, 3.05) is 19.6 Å². The molecule has 0 saturated carbocycles. The molecule has 2 unspecified atom stereocenters. The third-order valence-corrected chi connectivity index (χ3v) is 6.73. The van der Waals surface area contributed by atoms with E-state index >= 15 is 0 Å². The molecule has 0 radical (unpaired) electrons. The summed E-state index contributed by atoms with van der Waals surface area (Å²) in [5, 5.41) is 25.2. The van der Waals surface area contributed by atoms with Crippen molar-refractivity contribution in [3.63, 3.8) is 0 Å². The van der Waals surface area contributed by atoms with Crippen LogP contribution in [0.25, 0.3) is 0 Å². The van der Waals surface area contributed by atoms with E-state index in [1.54, 1.807) is 24.0 Å². The lowest BCUT2D eigenvalue weighted by atomic mass is 9.82. The molecule has 4 rings (SSSR count). The SMILES string of the molecule is CC(O)(CNC(=O)c1ccc[n+]([O-])c1)C1CCCN(C(=O)c2ccc3c(c2)CCCC3=O)C1. The highest BCUT2D eigenvalue weighted by molar-refractivity contribution is 6.01. The summed E-state index contributed by atoms with van der Waals surface area (Å²) in [6, 6.07) is 8.33. The maximum Gasteiger partial charge on any atom is 0.257 e. The Hall–Kier alpha value is -3.26. The lowest BCUT2D eigenvalue weighted by molar-refractivity contribution is -0.605. The summed E-state index contributed by atoms with van der Waals surface area (Å²) in [5.74, 6) is -0.626. The van der Waals surface area contributed by atoms with E-state index in [4.69, 9.17) is 0 Å². The number of benzene rings is 1. The number of nitrogens with one attached hydrogen (secondary N) is 1. The first-order chi connectivity index (χ1) is 15.7. The fraction of sp³-hybridized carbons (Fsp3) is 0.440. The Morgan fingerprint density at radius 2 is 2.06 bits per heavy atom. The van der Waals surface area contributed by atoms with E-state index in [1.165, 1.54) is 24.5 Å². The van der Waals surface area contributed by atoms with Gasteiger partial charge in [-0.1, -0.05) is 6.07 Å². The minimum absolute atomic E-state index is 0.00718. The second kappa shape index (κ2) is 9.31. The second-order valence-corrected chi connectivity index (χ2v) is 9.23. The summed E-state index contributed by atoms with van der Waals surface area (Å²) in [5.41, 5.74) is 1.20. The van der Waals surface area contributed by atoms with Crippen LogP contribution in [0, 0.1) is 11.1 Å². The number of fused-ring (bicyclic) bond motifs is 1. The number of nitrogens with zero attached hydrogens (tertiary/aromatic N) is 2. The highest BCUT2D eigenvalue weighted by atomic mass is 16.5. The van der Waals surface area contributed by atoms with Gasteiger partial charge >= 0.3 is 0 Å². The lowest BCUT2D eigenvalue weighted by Crippen LogP contribution is -2.53. The van der Waals surface area contributed by atoms with E-state index in [0.717, 1.165) is 31.2 Å². The number of pyridine rings is 1. The van der Waals surface area contributed by atoms with Gasteiger partial charge in [-0.2, -0.15) is 4.73 Å². The smallest absolute Gasteiger partial charge is 0.257 e. The van der Waals surface area contributed by atoms with E-state index in [0.29, 0.717) is 35.4 Å². The number of carbonyl (C=O) groups excluding carboxylic acids is 3. The fourth-order valence-corrected chi connectivity index (χ4v) is 4.73. The molecule has 2 N–H and O–H groups in total. The Labute approximate surface area is 192 Å². The van der Waals surface area contributed by atoms with Crippen LogP contribution in [0.3, 0.4) is 0 Å². The van der Waals surface area contributed by atoms with Crippen LogP contribution in [0.2, 0.25) is 0 Å². The van der Waals surface area contributed by atoms with Crippen molar-refractivity contribution in [3.8, 4) is 0 Å². The molecule has 8 nitrogen and oxygen atoms in total. The van der Waals surface area contributed by atoms with Crippen molar-refractivity contribution in [1.82, 2.24) is 10.2 Å². The summed E-state index contributed by atoms with van der Waals surface area (Å²) in [4.78, 5) is 39.4. The molecule has 2 aromatic rings. The minimum atomic E-state index is -1.22. The third kappa shape index (κ3) is 5.06. The van der Waals surface area contributed by atoms with Gasteiger partial charge in [-0.25, -0.2) is 0 Å². The monoisotopic (exact) mass is 451 g/mol. The number of piperidine rings is 1. The van der Waals surface area contributed by atoms with Crippen LogP contribution in [-0.4, -0.2) is 52.8 Å². The van der Waals surface area contributed by atoms with Crippen molar-refractivity contribution in [2.24, 2.45) is 5.92 Å². The fourth-order valence-electron chi connectivity index (χ4n) is 4.73. The second-order valence-electron chi connectivity index (χ2n) is 9.23. The lowest BCUT2D eigenvalue weighted by Gasteiger charge is -2.40. The van der Waals surface area contributed by atoms with Gasteiger partial charge in [0.05, 0.1) is 5.60 Å². The number of rotatable bonds is 5. The summed E-state index contributed by atoms with van der Waals surface area (Å²) >= 11 is 0. The Bertz CT molecular complexity index is 1080. The van der Waals surface area contributed by atoms with Crippen LogP contribution in [0.4, 0.5) is 0 Å². The molecule has 0 spiro atoms. The topological polar surface area (TPSA) is 114 Å². The normalized spacial score (nSPS) is 20.0. The van der Waals surface area contributed by atoms with Crippen molar-refractivity contribution < 1.29 is 24.2 Å². The molecule has 0 bridgehead atoms. The van der Waals surface area contributed by atoms with Crippen LogP contribution >= 0.6 is 0 Å². The third-order valence-electron chi connectivity index (χ3n) is 6.73. The van der Waals surface area contributed by atoms with E-state index in [1.807, 2.05) is 6.07 Å². The molecule has 2 atom stereocenters. The molecule has 33 heavy (non-hydrogen) atoms. The summed E-state index contributed by atoms with van der Waals surface area (Å²) < 4.78 is 0.550. The van der Waals surface area contributed by atoms with Gasteiger partial charge in [0.15, 0.2) is 18.2 Å². The van der Waals surface area contributed by atoms with E-state index in [9.17, 15) is 24.7 Å². The van der Waals surface area contributed by atoms with E-state index in [2.05, 4.69) is 5.32 Å². The minimum Gasteiger partial charge on any atom is -0.619 e. The molecule has 1 aromatic carbocycles. The Morgan fingerprint density at radius 1 is 1.24 bits per heavy atom. The first-order valence-corrected chi connectivity index (χ1v) is 11.4. The summed E-state index contributed by atoms with van der Waals surface area (Å²) in [7, 11) is 0. The molecule has 1 aliphatic heterocycles. The van der Waals surface area contributed by atoms with Crippen molar-refractivity contribution >= 4 is 17.6 Å². The molecule has 2 heterocycles. The highest BCUT2D eigenvalue weighted by Gasteiger charge is 2.37. The van der Waals surface area contributed by atoms with Gasteiger partial charge in [-0.3, -0.25) is 14.4 Å². The molecule has 1 fully saturated rings. The zero-order valence-corrected chi connectivity index (χ0v) is 18.8. The average Bonchev–Trinajstić information content (AvgIpc) is 2.82. The standard InChI is InChI=1S/C25H29N3O5/c1-25(32,16-26-23(30)19-6-3-12-28(33)14-19)20-7-4-11-27(15-20)24(31)18-9-10-21-17(13-18)5-2-8-22(21)29/h3,6,9-10,12-14,20,32H,2,4-5,7-8,11,15-16H2,1H3,(H,26,30). The van der Waals surface area contributed by atoms with Gasteiger partial charge in [0, 0.05) is 49.2 Å². The number of aryl methyl sites for hydroxylation is 1. The molecule has 8 heteroatoms. The molecular weight excluding hydrogens is 422 g/mol. The first kappa shape index (κ1) is 22.9. The number of ketones is 1. The maximum absolute atomic E-state index is 13.2. The van der Waals surface area contributed by atoms with Gasteiger partial charge in [0.2, 0.25) is 0 Å². The quantitative estimate of drug-likeness (QED) is 0.532. The van der Waals surface area contributed by atoms with Crippen molar-refractivity contribution in [3.05, 3.63) is 70.2 Å². The Morgan fingerprint density at radius 3 is 2.85 bits per heavy atom. The zero-order chi connectivity index (χ0) is 23.6. The molecule has 1 saturated heterocycles. The average molecular weight is 452 g/mol. The number of hydrogen-bond acceptors (Lipinski definition) is 5. The molecule has 2 amide bonds. The summed E-state index contributed by atoms with van der Waals surface area (Å²) in [6.45, 7) is 2.65. The number of aliphatic hydroxyl groups is 1. The molecule has 2 aliphatic rings.